The van der Waals surface area contributed by atoms with Crippen LogP contribution in [0.15, 0.2) is 41.8 Å². The minimum Gasteiger partial charge on any atom is -0.366 e. The maximum absolute atomic E-state index is 14.8. The molecule has 2 N–H and O–H groups in total. The molecule has 0 spiro atoms. The number of benzene rings is 2. The summed E-state index contributed by atoms with van der Waals surface area (Å²) in [6.45, 7) is 3.37. The highest BCUT2D eigenvalue weighted by atomic mass is 32.1. The lowest BCUT2D eigenvalue weighted by molar-refractivity contribution is 0.0999. The molecule has 7 heteroatoms. The van der Waals surface area contributed by atoms with Gasteiger partial charge in [0.15, 0.2) is 5.13 Å². The highest BCUT2D eigenvalue weighted by molar-refractivity contribution is 7.23. The largest absolute Gasteiger partial charge is 0.366 e. The molecule has 152 valence electrons. The van der Waals surface area contributed by atoms with E-state index in [1.165, 1.54) is 26.6 Å². The summed E-state index contributed by atoms with van der Waals surface area (Å²) in [4.78, 5) is 19.7. The van der Waals surface area contributed by atoms with E-state index >= 15 is 0 Å². The van der Waals surface area contributed by atoms with Gasteiger partial charge in [0.25, 0.3) is 0 Å². The molecule has 0 atom stereocenters. The van der Waals surface area contributed by atoms with Crippen LogP contribution < -0.4 is 10.6 Å². The van der Waals surface area contributed by atoms with Crippen LogP contribution >= 0.6 is 22.7 Å². The normalized spacial score (nSPS) is 14.0. The maximum atomic E-state index is 14.8. The van der Waals surface area contributed by atoms with E-state index in [2.05, 4.69) is 41.5 Å². The second-order valence-electron chi connectivity index (χ2n) is 7.55. The predicted molar refractivity (Wildman–Crippen MR) is 122 cm³/mol. The zero-order valence-corrected chi connectivity index (χ0v) is 18.1. The summed E-state index contributed by atoms with van der Waals surface area (Å²) in [7, 11) is 0. The van der Waals surface area contributed by atoms with Gasteiger partial charge >= 0.3 is 0 Å². The SMILES string of the molecule is Cc1c(-c2csc(N3CCCc4cc(C(N)=O)cc(F)c4C3)n2)sc2ccccc12. The van der Waals surface area contributed by atoms with Crippen LogP contribution in [-0.2, 0) is 13.0 Å². The van der Waals surface area contributed by atoms with Gasteiger partial charge in [-0.2, -0.15) is 0 Å². The van der Waals surface area contributed by atoms with E-state index in [0.717, 1.165) is 35.8 Å². The third-order valence-corrected chi connectivity index (χ3v) is 7.83. The first-order valence-corrected chi connectivity index (χ1v) is 11.5. The van der Waals surface area contributed by atoms with Crippen molar-refractivity contribution < 1.29 is 9.18 Å². The van der Waals surface area contributed by atoms with Crippen molar-refractivity contribution in [1.29, 1.82) is 0 Å². The molecular weight excluding hydrogens is 417 g/mol. The van der Waals surface area contributed by atoms with Crippen LogP contribution in [0.1, 0.15) is 33.5 Å². The van der Waals surface area contributed by atoms with Crippen molar-refractivity contribution >= 4 is 43.8 Å². The number of nitrogens with two attached hydrogens (primary N) is 1. The van der Waals surface area contributed by atoms with E-state index in [-0.39, 0.29) is 11.4 Å². The fourth-order valence-electron chi connectivity index (χ4n) is 4.06. The second-order valence-corrected chi connectivity index (χ2v) is 9.44. The van der Waals surface area contributed by atoms with Crippen LogP contribution in [0.2, 0.25) is 0 Å². The molecule has 5 rings (SSSR count). The van der Waals surface area contributed by atoms with Gasteiger partial charge in [0, 0.05) is 34.3 Å². The lowest BCUT2D eigenvalue weighted by Gasteiger charge is -2.20. The van der Waals surface area contributed by atoms with Crippen molar-refractivity contribution in [3.63, 3.8) is 0 Å². The number of primary amides is 1. The minimum absolute atomic E-state index is 0.233. The number of halogens is 1. The van der Waals surface area contributed by atoms with Gasteiger partial charge in [-0.1, -0.05) is 18.2 Å². The summed E-state index contributed by atoms with van der Waals surface area (Å²) in [6, 6.07) is 11.4. The van der Waals surface area contributed by atoms with E-state index in [1.54, 1.807) is 28.7 Å². The van der Waals surface area contributed by atoms with Crippen molar-refractivity contribution in [1.82, 2.24) is 4.98 Å². The van der Waals surface area contributed by atoms with E-state index in [9.17, 15) is 9.18 Å². The standard InChI is InChI=1S/C23H20FN3OS2/c1-13-16-6-2-3-7-20(16)30-21(13)19-12-29-23(26-19)27-8-4-5-14-9-15(22(25)28)10-18(24)17(14)11-27/h2-3,6-7,9-10,12H,4-5,8,11H2,1H3,(H2,25,28). The van der Waals surface area contributed by atoms with Gasteiger partial charge in [-0.25, -0.2) is 9.37 Å². The number of thiophene rings is 1. The van der Waals surface area contributed by atoms with Crippen LogP contribution in [0, 0.1) is 12.7 Å². The molecule has 0 unspecified atom stereocenters. The molecule has 3 heterocycles. The van der Waals surface area contributed by atoms with Gasteiger partial charge in [-0.15, -0.1) is 22.7 Å². The molecule has 0 radical (unpaired) electrons. The topological polar surface area (TPSA) is 59.2 Å². The smallest absolute Gasteiger partial charge is 0.248 e. The molecule has 1 aliphatic heterocycles. The molecule has 4 aromatic rings. The average Bonchev–Trinajstić information content (AvgIpc) is 3.27. The zero-order valence-electron chi connectivity index (χ0n) is 16.4. The Labute approximate surface area is 181 Å². The van der Waals surface area contributed by atoms with Crippen molar-refractivity contribution in [3.05, 3.63) is 69.8 Å². The number of carbonyl (C=O) groups is 1. The number of anilines is 1. The van der Waals surface area contributed by atoms with Crippen LogP contribution in [0.4, 0.5) is 9.52 Å². The highest BCUT2D eigenvalue weighted by Gasteiger charge is 2.22. The zero-order chi connectivity index (χ0) is 20.8. The van der Waals surface area contributed by atoms with Crippen molar-refractivity contribution in [2.75, 3.05) is 11.4 Å². The van der Waals surface area contributed by atoms with Crippen LogP contribution in [0.25, 0.3) is 20.7 Å². The molecule has 1 aliphatic rings. The number of carbonyl (C=O) groups excluding carboxylic acids is 1. The Balaban J connectivity index is 1.48. The van der Waals surface area contributed by atoms with Gasteiger partial charge in [-0.05, 0) is 54.5 Å². The second kappa shape index (κ2) is 7.49. The quantitative estimate of drug-likeness (QED) is 0.459. The molecule has 0 saturated heterocycles. The number of hydrogen-bond acceptors (Lipinski definition) is 5. The number of rotatable bonds is 3. The highest BCUT2D eigenvalue weighted by Crippen LogP contribution is 2.40. The number of thiazole rings is 1. The van der Waals surface area contributed by atoms with E-state index in [0.29, 0.717) is 12.1 Å². The molecule has 0 bridgehead atoms. The van der Waals surface area contributed by atoms with Gasteiger partial charge in [0.2, 0.25) is 5.91 Å². The Morgan fingerprint density at radius 3 is 2.90 bits per heavy atom. The Hall–Kier alpha value is -2.77. The Bertz CT molecular complexity index is 1280. The molecule has 4 nitrogen and oxygen atoms in total. The third kappa shape index (κ3) is 3.28. The van der Waals surface area contributed by atoms with Gasteiger partial charge < -0.3 is 10.6 Å². The summed E-state index contributed by atoms with van der Waals surface area (Å²) >= 11 is 3.35. The third-order valence-electron chi connectivity index (χ3n) is 5.63. The summed E-state index contributed by atoms with van der Waals surface area (Å²) in [5, 5.41) is 4.25. The Kier molecular flexibility index (Phi) is 4.79. The molecule has 0 aliphatic carbocycles. The Morgan fingerprint density at radius 1 is 1.27 bits per heavy atom. The van der Waals surface area contributed by atoms with E-state index in [4.69, 9.17) is 10.7 Å². The molecule has 2 aromatic carbocycles. The van der Waals surface area contributed by atoms with Gasteiger partial charge in [0.1, 0.15) is 5.82 Å². The fraction of sp³-hybridized carbons (Fsp3) is 0.217. The van der Waals surface area contributed by atoms with Crippen LogP contribution in [0.5, 0.6) is 0 Å². The fourth-order valence-corrected chi connectivity index (χ4v) is 6.15. The van der Waals surface area contributed by atoms with Crippen LogP contribution in [0.3, 0.4) is 0 Å². The number of hydrogen-bond donors (Lipinski definition) is 1. The van der Waals surface area contributed by atoms with Crippen molar-refractivity contribution in [3.8, 4) is 10.6 Å². The first kappa shape index (κ1) is 19.2. The summed E-state index contributed by atoms with van der Waals surface area (Å²) < 4.78 is 16.0. The average molecular weight is 438 g/mol. The number of nitrogens with zero attached hydrogens (tertiary/aromatic N) is 2. The van der Waals surface area contributed by atoms with Crippen LogP contribution in [-0.4, -0.2) is 17.4 Å². The molecule has 0 saturated carbocycles. The lowest BCUT2D eigenvalue weighted by Crippen LogP contribution is -2.23. The molecule has 1 amide bonds. The lowest BCUT2D eigenvalue weighted by atomic mass is 10.00. The van der Waals surface area contributed by atoms with Crippen molar-refractivity contribution in [2.24, 2.45) is 5.73 Å². The Morgan fingerprint density at radius 2 is 2.10 bits per heavy atom. The molecule has 2 aromatic heterocycles. The first-order chi connectivity index (χ1) is 14.5. The summed E-state index contributed by atoms with van der Waals surface area (Å²) in [5.74, 6) is -0.966. The number of aromatic nitrogens is 1. The maximum Gasteiger partial charge on any atom is 0.248 e. The van der Waals surface area contributed by atoms with Gasteiger partial charge in [0.05, 0.1) is 10.6 Å². The minimum atomic E-state index is -0.596. The monoisotopic (exact) mass is 437 g/mol. The van der Waals surface area contributed by atoms with Gasteiger partial charge in [-0.3, -0.25) is 4.79 Å². The summed E-state index contributed by atoms with van der Waals surface area (Å²) in [5.41, 5.74) is 9.30. The van der Waals surface area contributed by atoms with Crippen molar-refractivity contribution in [2.45, 2.75) is 26.3 Å². The molecular formula is C23H20FN3OS2. The molecule has 0 fully saturated rings. The summed E-state index contributed by atoms with van der Waals surface area (Å²) in [6.07, 6.45) is 1.59. The van der Waals surface area contributed by atoms with E-state index in [1.807, 2.05) is 0 Å². The first-order valence-electron chi connectivity index (χ1n) is 9.81. The van der Waals surface area contributed by atoms with E-state index < -0.39 is 5.91 Å². The number of fused-ring (bicyclic) bond motifs is 2. The predicted octanol–water partition coefficient (Wildman–Crippen LogP) is 5.52. The number of aryl methyl sites for hydroxylation is 2. The number of amides is 1. The molecule has 30 heavy (non-hydrogen) atoms.